The molecule has 0 spiro atoms. The van der Waals surface area contributed by atoms with Crippen LogP contribution in [0.3, 0.4) is 0 Å². The van der Waals surface area contributed by atoms with E-state index in [0.29, 0.717) is 12.8 Å². The molecule has 1 heterocycles. The maximum absolute atomic E-state index is 12.8. The normalized spacial score (nSPS) is 20.8. The van der Waals surface area contributed by atoms with Crippen LogP contribution in [0.4, 0.5) is 0 Å². The minimum Gasteiger partial charge on any atom is -0.479 e. The van der Waals surface area contributed by atoms with Gasteiger partial charge in [-0.05, 0) is 18.8 Å². The zero-order chi connectivity index (χ0) is 41.2. The van der Waals surface area contributed by atoms with Gasteiger partial charge >= 0.3 is 17.9 Å². The highest BCUT2D eigenvalue weighted by molar-refractivity contribution is 5.73. The van der Waals surface area contributed by atoms with E-state index in [1.807, 2.05) is 0 Å². The van der Waals surface area contributed by atoms with Crippen LogP contribution >= 0.6 is 0 Å². The fourth-order valence-corrected chi connectivity index (χ4v) is 7.36. The number of hydrogen-bond donors (Lipinski definition) is 4. The van der Waals surface area contributed by atoms with Crippen molar-refractivity contribution in [3.8, 4) is 0 Å². The fourth-order valence-electron chi connectivity index (χ4n) is 7.36. The van der Waals surface area contributed by atoms with Gasteiger partial charge in [0.25, 0.3) is 0 Å². The lowest BCUT2D eigenvalue weighted by molar-refractivity contribution is -0.298. The van der Waals surface area contributed by atoms with Gasteiger partial charge in [0.15, 0.2) is 18.5 Å². The van der Waals surface area contributed by atoms with Crippen LogP contribution in [0.5, 0.6) is 0 Å². The summed E-state index contributed by atoms with van der Waals surface area (Å²) in [5, 5.41) is 39.8. The summed E-state index contributed by atoms with van der Waals surface area (Å²) >= 11 is 0. The first-order chi connectivity index (χ1) is 27.1. The molecule has 0 unspecified atom stereocenters. The van der Waals surface area contributed by atoms with E-state index in [9.17, 15) is 34.8 Å². The first-order valence-corrected chi connectivity index (χ1v) is 23.0. The number of esters is 2. The molecule has 1 rings (SSSR count). The topological polar surface area (TPSA) is 169 Å². The van der Waals surface area contributed by atoms with Crippen LogP contribution in [0.1, 0.15) is 213 Å². The number of aliphatic carboxylic acids is 1. The predicted molar refractivity (Wildman–Crippen MR) is 220 cm³/mol. The number of aliphatic hydroxyl groups excluding tert-OH is 3. The second-order valence-corrected chi connectivity index (χ2v) is 16.5. The van der Waals surface area contributed by atoms with Crippen molar-refractivity contribution in [2.75, 3.05) is 13.2 Å². The van der Waals surface area contributed by atoms with E-state index >= 15 is 0 Å². The standard InChI is InChI=1S/C45H84O11/c1-4-6-8-10-12-13-14-15-16-17-19-25-29-33-39(47)55-37(35-54-45-42(50)40(48)41(49)43(56-45)44(51)52)34-53-38(46)32-28-24-21-20-23-27-31-36(3)30-26-22-18-11-9-7-5-2/h36-37,40-43,45,48-50H,4-35H2,1-3H3,(H,51,52)/t36-,37-,40+,41+,42-,43+,45+/m1/s1. The van der Waals surface area contributed by atoms with Crippen molar-refractivity contribution in [1.29, 1.82) is 0 Å². The van der Waals surface area contributed by atoms with E-state index in [2.05, 4.69) is 20.8 Å². The van der Waals surface area contributed by atoms with Gasteiger partial charge in [-0.2, -0.15) is 0 Å². The zero-order valence-electron chi connectivity index (χ0n) is 35.8. The summed E-state index contributed by atoms with van der Waals surface area (Å²) in [4.78, 5) is 36.8. The average molecular weight is 801 g/mol. The Morgan fingerprint density at radius 3 is 1.39 bits per heavy atom. The van der Waals surface area contributed by atoms with Crippen molar-refractivity contribution < 1.29 is 53.8 Å². The largest absolute Gasteiger partial charge is 0.479 e. The second kappa shape index (κ2) is 35.2. The molecule has 11 heteroatoms. The molecule has 0 bridgehead atoms. The van der Waals surface area contributed by atoms with Gasteiger partial charge in [-0.1, -0.05) is 188 Å². The van der Waals surface area contributed by atoms with Crippen LogP contribution in [-0.2, 0) is 33.3 Å². The van der Waals surface area contributed by atoms with Crippen molar-refractivity contribution >= 4 is 17.9 Å². The number of rotatable bonds is 38. The first-order valence-electron chi connectivity index (χ1n) is 23.0. The average Bonchev–Trinajstić information content (AvgIpc) is 3.17. The predicted octanol–water partition coefficient (Wildman–Crippen LogP) is 9.73. The number of aliphatic hydroxyl groups is 3. The fraction of sp³-hybridized carbons (Fsp3) is 0.933. The maximum atomic E-state index is 12.8. The summed E-state index contributed by atoms with van der Waals surface area (Å²) in [6.07, 6.45) is 24.4. The van der Waals surface area contributed by atoms with Crippen LogP contribution in [0.2, 0.25) is 0 Å². The molecule has 11 nitrogen and oxygen atoms in total. The molecule has 0 aromatic heterocycles. The smallest absolute Gasteiger partial charge is 0.335 e. The van der Waals surface area contributed by atoms with E-state index in [4.69, 9.17) is 18.9 Å². The second-order valence-electron chi connectivity index (χ2n) is 16.5. The Labute approximate surface area is 340 Å². The van der Waals surface area contributed by atoms with Crippen molar-refractivity contribution in [3.63, 3.8) is 0 Å². The molecule has 1 saturated heterocycles. The lowest BCUT2D eigenvalue weighted by Crippen LogP contribution is -2.60. The van der Waals surface area contributed by atoms with E-state index in [0.717, 1.165) is 44.4 Å². The summed E-state index contributed by atoms with van der Waals surface area (Å²) in [6.45, 7) is 6.20. The highest BCUT2D eigenvalue weighted by Gasteiger charge is 2.47. The van der Waals surface area contributed by atoms with Crippen LogP contribution in [0.15, 0.2) is 0 Å². The van der Waals surface area contributed by atoms with Gasteiger partial charge in [-0.25, -0.2) is 4.79 Å². The molecule has 56 heavy (non-hydrogen) atoms. The van der Waals surface area contributed by atoms with E-state index in [1.165, 1.54) is 128 Å². The number of ether oxygens (including phenoxy) is 4. The Morgan fingerprint density at radius 2 is 0.946 bits per heavy atom. The molecule has 0 radical (unpaired) electrons. The number of carbonyl (C=O) groups is 3. The number of carboxylic acid groups (broad SMARTS) is 1. The van der Waals surface area contributed by atoms with E-state index < -0.39 is 54.7 Å². The summed E-state index contributed by atoms with van der Waals surface area (Å²) in [5.41, 5.74) is 0. The van der Waals surface area contributed by atoms with Gasteiger partial charge in [0.2, 0.25) is 0 Å². The van der Waals surface area contributed by atoms with Gasteiger partial charge < -0.3 is 39.4 Å². The molecule has 4 N–H and O–H groups in total. The number of carboxylic acids is 1. The molecule has 0 aromatic rings. The van der Waals surface area contributed by atoms with Crippen molar-refractivity contribution in [2.24, 2.45) is 5.92 Å². The Kier molecular flexibility index (Phi) is 32.8. The Hall–Kier alpha value is -1.79. The molecular weight excluding hydrogens is 716 g/mol. The minimum absolute atomic E-state index is 0.189. The number of carbonyl (C=O) groups excluding carboxylic acids is 2. The quantitative estimate of drug-likeness (QED) is 0.0346. The summed E-state index contributed by atoms with van der Waals surface area (Å²) in [7, 11) is 0. The zero-order valence-corrected chi connectivity index (χ0v) is 35.8. The van der Waals surface area contributed by atoms with Crippen molar-refractivity contribution in [2.45, 2.75) is 250 Å². The Morgan fingerprint density at radius 1 is 0.536 bits per heavy atom. The molecular formula is C45H84O11. The lowest BCUT2D eigenvalue weighted by atomic mass is 9.96. The van der Waals surface area contributed by atoms with Gasteiger partial charge in [0.05, 0.1) is 6.61 Å². The molecule has 1 fully saturated rings. The van der Waals surface area contributed by atoms with Gasteiger partial charge in [-0.15, -0.1) is 0 Å². The highest BCUT2D eigenvalue weighted by Crippen LogP contribution is 2.23. The molecule has 1 aliphatic rings. The van der Waals surface area contributed by atoms with Crippen LogP contribution in [-0.4, -0.2) is 88.4 Å². The minimum atomic E-state index is -1.86. The first kappa shape index (κ1) is 52.2. The van der Waals surface area contributed by atoms with Gasteiger partial charge in [0.1, 0.15) is 24.9 Å². The van der Waals surface area contributed by atoms with Gasteiger partial charge in [0, 0.05) is 12.8 Å². The van der Waals surface area contributed by atoms with Crippen LogP contribution in [0.25, 0.3) is 0 Å². The third-order valence-corrected chi connectivity index (χ3v) is 11.1. The summed E-state index contributed by atoms with van der Waals surface area (Å²) < 4.78 is 21.8. The van der Waals surface area contributed by atoms with Crippen molar-refractivity contribution in [1.82, 2.24) is 0 Å². The third-order valence-electron chi connectivity index (χ3n) is 11.1. The Balaban J connectivity index is 2.37. The Bertz CT molecular complexity index is 962. The summed E-state index contributed by atoms with van der Waals surface area (Å²) in [6, 6.07) is 0. The number of unbranched alkanes of at least 4 members (excludes halogenated alkanes) is 23. The monoisotopic (exact) mass is 801 g/mol. The summed E-state index contributed by atoms with van der Waals surface area (Å²) in [5.74, 6) is -1.64. The van der Waals surface area contributed by atoms with Crippen LogP contribution < -0.4 is 0 Å². The lowest BCUT2D eigenvalue weighted by Gasteiger charge is -2.38. The van der Waals surface area contributed by atoms with E-state index in [-0.39, 0.29) is 26.1 Å². The van der Waals surface area contributed by atoms with Gasteiger partial charge in [-0.3, -0.25) is 9.59 Å². The molecule has 0 aliphatic carbocycles. The molecule has 330 valence electrons. The third kappa shape index (κ3) is 27.0. The molecule has 0 saturated carbocycles. The van der Waals surface area contributed by atoms with Crippen molar-refractivity contribution in [3.05, 3.63) is 0 Å². The highest BCUT2D eigenvalue weighted by atomic mass is 16.7. The molecule has 0 aromatic carbocycles. The maximum Gasteiger partial charge on any atom is 0.335 e. The van der Waals surface area contributed by atoms with E-state index in [1.54, 1.807) is 0 Å². The molecule has 0 amide bonds. The molecule has 7 atom stereocenters. The SMILES string of the molecule is CCCCCCCCCCCCCCCC(=O)O[C@H](COC(=O)CCCCCCCC[C@H](C)CCCCCCCCC)CO[C@H]1O[C@H](C(=O)O)[C@@H](O)[C@H](O)[C@H]1O. The van der Waals surface area contributed by atoms with Crippen LogP contribution in [0, 0.1) is 5.92 Å². The molecule has 1 aliphatic heterocycles. The number of hydrogen-bond acceptors (Lipinski definition) is 10.